The van der Waals surface area contributed by atoms with Gasteiger partial charge in [0.1, 0.15) is 6.20 Å². The van der Waals surface area contributed by atoms with Crippen molar-refractivity contribution in [3.63, 3.8) is 0 Å². The minimum absolute atomic E-state index is 0.346. The number of hydrogen-bond acceptors (Lipinski definition) is 3. The first-order valence-electron chi connectivity index (χ1n) is 6.68. The number of methoxy groups -OCH3 is 1. The van der Waals surface area contributed by atoms with E-state index < -0.39 is 0 Å². The molecule has 0 fully saturated rings. The molecule has 0 saturated carbocycles. The number of benzene rings is 2. The maximum atomic E-state index is 11.7. The number of carbonyl (C=O) groups excluding carboxylic acids is 1. The lowest BCUT2D eigenvalue weighted by atomic mass is 9.97. The van der Waals surface area contributed by atoms with E-state index in [1.165, 1.54) is 7.11 Å². The standard InChI is InChI=1S/C18H12N2O2/c1-19-17-15(7-4-10-20-17)14-6-3-5-12-8-9-13(11-16(12)14)18(21)22-2/h3-11H,2H3. The average Bonchev–Trinajstić information content (AvgIpc) is 2.60. The molecule has 2 aromatic carbocycles. The van der Waals surface area contributed by atoms with E-state index in [0.29, 0.717) is 11.4 Å². The Morgan fingerprint density at radius 3 is 2.73 bits per heavy atom. The molecule has 0 amide bonds. The third-order valence-corrected chi connectivity index (χ3v) is 3.49. The Morgan fingerprint density at radius 2 is 1.95 bits per heavy atom. The summed E-state index contributed by atoms with van der Waals surface area (Å²) in [6.07, 6.45) is 1.60. The molecule has 0 unspecified atom stereocenters. The molecule has 0 aliphatic rings. The van der Waals surface area contributed by atoms with Gasteiger partial charge in [0.15, 0.2) is 0 Å². The molecule has 1 heterocycles. The van der Waals surface area contributed by atoms with Crippen LogP contribution in [0, 0.1) is 6.57 Å². The van der Waals surface area contributed by atoms with Crippen molar-refractivity contribution in [2.45, 2.75) is 0 Å². The number of ether oxygens (including phenoxy) is 1. The second-order valence-corrected chi connectivity index (χ2v) is 4.72. The number of pyridine rings is 1. The highest BCUT2D eigenvalue weighted by atomic mass is 16.5. The van der Waals surface area contributed by atoms with Crippen LogP contribution in [0.5, 0.6) is 0 Å². The van der Waals surface area contributed by atoms with E-state index in [-0.39, 0.29) is 5.97 Å². The maximum Gasteiger partial charge on any atom is 0.337 e. The molecular weight excluding hydrogens is 276 g/mol. The number of esters is 1. The van der Waals surface area contributed by atoms with Gasteiger partial charge in [0.25, 0.3) is 5.82 Å². The van der Waals surface area contributed by atoms with Gasteiger partial charge in [0, 0.05) is 5.56 Å². The van der Waals surface area contributed by atoms with E-state index in [4.69, 9.17) is 11.3 Å². The van der Waals surface area contributed by atoms with E-state index in [2.05, 4.69) is 9.83 Å². The Bertz CT molecular complexity index is 910. The normalized spacial score (nSPS) is 10.2. The summed E-state index contributed by atoms with van der Waals surface area (Å²) >= 11 is 0. The molecule has 4 nitrogen and oxygen atoms in total. The summed E-state index contributed by atoms with van der Waals surface area (Å²) in [7, 11) is 1.36. The van der Waals surface area contributed by atoms with Gasteiger partial charge in [-0.05, 0) is 34.5 Å². The second kappa shape index (κ2) is 5.66. The first-order valence-corrected chi connectivity index (χ1v) is 6.68. The summed E-state index contributed by atoms with van der Waals surface area (Å²) in [6, 6.07) is 14.9. The highest BCUT2D eigenvalue weighted by Crippen LogP contribution is 2.34. The average molecular weight is 288 g/mol. The minimum Gasteiger partial charge on any atom is -0.465 e. The van der Waals surface area contributed by atoms with Crippen LogP contribution >= 0.6 is 0 Å². The smallest absolute Gasteiger partial charge is 0.337 e. The van der Waals surface area contributed by atoms with Crippen molar-refractivity contribution < 1.29 is 9.53 Å². The van der Waals surface area contributed by atoms with Gasteiger partial charge >= 0.3 is 5.97 Å². The molecule has 0 aliphatic carbocycles. The van der Waals surface area contributed by atoms with Crippen LogP contribution in [-0.4, -0.2) is 18.1 Å². The van der Waals surface area contributed by atoms with Crippen molar-refractivity contribution in [2.75, 3.05) is 7.11 Å². The van der Waals surface area contributed by atoms with Crippen LogP contribution in [0.2, 0.25) is 0 Å². The Labute approximate surface area is 127 Å². The SMILES string of the molecule is [C-]#[N+]c1ncccc1-c1cccc2ccc(C(=O)OC)cc12. The lowest BCUT2D eigenvalue weighted by Crippen LogP contribution is -2.00. The molecule has 0 atom stereocenters. The lowest BCUT2D eigenvalue weighted by molar-refractivity contribution is 0.0601. The van der Waals surface area contributed by atoms with Crippen molar-refractivity contribution in [3.8, 4) is 11.1 Å². The van der Waals surface area contributed by atoms with E-state index >= 15 is 0 Å². The van der Waals surface area contributed by atoms with E-state index in [1.807, 2.05) is 30.3 Å². The van der Waals surface area contributed by atoms with Crippen LogP contribution in [0.1, 0.15) is 10.4 Å². The molecule has 0 aliphatic heterocycles. The molecule has 0 spiro atoms. The third-order valence-electron chi connectivity index (χ3n) is 3.49. The highest BCUT2D eigenvalue weighted by Gasteiger charge is 2.12. The van der Waals surface area contributed by atoms with E-state index in [0.717, 1.165) is 21.9 Å². The largest absolute Gasteiger partial charge is 0.465 e. The predicted molar refractivity (Wildman–Crippen MR) is 84.8 cm³/mol. The van der Waals surface area contributed by atoms with Crippen molar-refractivity contribution >= 4 is 22.6 Å². The zero-order chi connectivity index (χ0) is 15.5. The predicted octanol–water partition coefficient (Wildman–Crippen LogP) is 4.24. The molecule has 106 valence electrons. The number of aromatic nitrogens is 1. The van der Waals surface area contributed by atoms with Crippen LogP contribution in [0.15, 0.2) is 54.7 Å². The summed E-state index contributed by atoms with van der Waals surface area (Å²) in [5, 5.41) is 1.88. The van der Waals surface area contributed by atoms with Gasteiger partial charge in [-0.1, -0.05) is 36.9 Å². The zero-order valence-corrected chi connectivity index (χ0v) is 11.9. The maximum absolute atomic E-state index is 11.7. The summed E-state index contributed by atoms with van der Waals surface area (Å²) in [5.41, 5.74) is 2.11. The van der Waals surface area contributed by atoms with Gasteiger partial charge in [-0.15, -0.1) is 4.98 Å². The van der Waals surface area contributed by atoms with Gasteiger partial charge in [0.2, 0.25) is 0 Å². The van der Waals surface area contributed by atoms with Crippen LogP contribution in [0.4, 0.5) is 5.82 Å². The minimum atomic E-state index is -0.381. The van der Waals surface area contributed by atoms with Gasteiger partial charge in [0.05, 0.1) is 12.7 Å². The van der Waals surface area contributed by atoms with Gasteiger partial charge in [-0.2, -0.15) is 0 Å². The van der Waals surface area contributed by atoms with Crippen molar-refractivity contribution in [3.05, 3.63) is 71.7 Å². The molecule has 3 aromatic rings. The zero-order valence-electron chi connectivity index (χ0n) is 11.9. The van der Waals surface area contributed by atoms with Crippen LogP contribution in [0.25, 0.3) is 26.7 Å². The Balaban J connectivity index is 2.30. The number of nitrogens with zero attached hydrogens (tertiary/aromatic N) is 2. The molecule has 0 bridgehead atoms. The van der Waals surface area contributed by atoms with Crippen LogP contribution < -0.4 is 0 Å². The van der Waals surface area contributed by atoms with Gasteiger partial charge in [-0.25, -0.2) is 4.79 Å². The number of fused-ring (bicyclic) bond motifs is 1. The van der Waals surface area contributed by atoms with Crippen molar-refractivity contribution in [2.24, 2.45) is 0 Å². The Hall–Kier alpha value is -3.19. The number of carbonyl (C=O) groups is 1. The molecular formula is C18H12N2O2. The first kappa shape index (κ1) is 13.8. The first-order chi connectivity index (χ1) is 10.7. The van der Waals surface area contributed by atoms with Crippen molar-refractivity contribution in [1.82, 2.24) is 4.98 Å². The number of hydrogen-bond donors (Lipinski definition) is 0. The fraction of sp³-hybridized carbons (Fsp3) is 0.0556. The fourth-order valence-corrected chi connectivity index (χ4v) is 2.45. The summed E-state index contributed by atoms with van der Waals surface area (Å²) in [5.74, 6) is -0.0354. The Morgan fingerprint density at radius 1 is 1.14 bits per heavy atom. The van der Waals surface area contributed by atoms with E-state index in [1.54, 1.807) is 24.4 Å². The monoisotopic (exact) mass is 288 g/mol. The molecule has 1 aromatic heterocycles. The van der Waals surface area contributed by atoms with Crippen LogP contribution in [-0.2, 0) is 4.74 Å². The number of rotatable bonds is 2. The van der Waals surface area contributed by atoms with Crippen LogP contribution in [0.3, 0.4) is 0 Å². The summed E-state index contributed by atoms with van der Waals surface area (Å²) in [6.45, 7) is 7.27. The van der Waals surface area contributed by atoms with Gasteiger partial charge < -0.3 is 9.58 Å². The fourth-order valence-electron chi connectivity index (χ4n) is 2.45. The lowest BCUT2D eigenvalue weighted by Gasteiger charge is -2.09. The topological polar surface area (TPSA) is 43.5 Å². The van der Waals surface area contributed by atoms with Crippen molar-refractivity contribution in [1.29, 1.82) is 0 Å². The van der Waals surface area contributed by atoms with Gasteiger partial charge in [-0.3, -0.25) is 0 Å². The van der Waals surface area contributed by atoms with E-state index in [9.17, 15) is 4.79 Å². The third kappa shape index (κ3) is 2.29. The molecule has 22 heavy (non-hydrogen) atoms. The second-order valence-electron chi connectivity index (χ2n) is 4.72. The summed E-state index contributed by atoms with van der Waals surface area (Å²) in [4.78, 5) is 19.3. The molecule has 3 rings (SSSR count). The summed E-state index contributed by atoms with van der Waals surface area (Å²) < 4.78 is 4.78. The molecule has 4 heteroatoms. The Kier molecular flexibility index (Phi) is 3.55. The quantitative estimate of drug-likeness (QED) is 0.523. The molecule has 0 N–H and O–H groups in total. The molecule has 0 radical (unpaired) electrons. The molecule has 0 saturated heterocycles. The highest BCUT2D eigenvalue weighted by molar-refractivity contribution is 6.03.